The van der Waals surface area contributed by atoms with Crippen molar-refractivity contribution in [3.8, 4) is 5.75 Å². The molecular formula is C19H22N2O3. The van der Waals surface area contributed by atoms with Gasteiger partial charge in [-0.25, -0.2) is 0 Å². The number of carbonyl (C=O) groups is 1. The molecule has 3 rings (SSSR count). The Morgan fingerprint density at radius 1 is 1.17 bits per heavy atom. The van der Waals surface area contributed by atoms with Gasteiger partial charge < -0.3 is 20.1 Å². The minimum Gasteiger partial charge on any atom is -0.496 e. The second-order valence-electron chi connectivity index (χ2n) is 5.75. The summed E-state index contributed by atoms with van der Waals surface area (Å²) >= 11 is 0. The largest absolute Gasteiger partial charge is 0.496 e. The molecule has 1 unspecified atom stereocenters. The molecule has 1 aliphatic rings. The van der Waals surface area contributed by atoms with Crippen LogP contribution >= 0.6 is 0 Å². The van der Waals surface area contributed by atoms with Crippen LogP contribution in [0.1, 0.15) is 23.2 Å². The number of carbonyl (C=O) groups excluding carboxylic acids is 1. The van der Waals surface area contributed by atoms with Crippen LogP contribution in [0.2, 0.25) is 0 Å². The van der Waals surface area contributed by atoms with Crippen LogP contribution < -0.4 is 15.4 Å². The van der Waals surface area contributed by atoms with Gasteiger partial charge in [-0.3, -0.25) is 4.79 Å². The fraction of sp³-hybridized carbons (Fsp3) is 0.316. The van der Waals surface area contributed by atoms with Crippen molar-refractivity contribution in [2.45, 2.75) is 18.9 Å². The summed E-state index contributed by atoms with van der Waals surface area (Å²) in [7, 11) is 1.56. The lowest BCUT2D eigenvalue weighted by Crippen LogP contribution is -2.18. The molecule has 0 aliphatic carbocycles. The van der Waals surface area contributed by atoms with E-state index >= 15 is 0 Å². The Balaban J connectivity index is 1.58. The average molecular weight is 326 g/mol. The number of anilines is 2. The Bertz CT molecular complexity index is 679. The van der Waals surface area contributed by atoms with Gasteiger partial charge in [0.15, 0.2) is 0 Å². The van der Waals surface area contributed by atoms with E-state index in [9.17, 15) is 4.79 Å². The Labute approximate surface area is 142 Å². The van der Waals surface area contributed by atoms with Crippen LogP contribution in [-0.4, -0.2) is 32.3 Å². The van der Waals surface area contributed by atoms with Crippen molar-refractivity contribution < 1.29 is 14.3 Å². The van der Waals surface area contributed by atoms with Gasteiger partial charge in [-0.15, -0.1) is 0 Å². The topological polar surface area (TPSA) is 59.6 Å². The molecular weight excluding hydrogens is 304 g/mol. The molecule has 126 valence electrons. The fourth-order valence-corrected chi connectivity index (χ4v) is 2.74. The second-order valence-corrected chi connectivity index (χ2v) is 5.75. The van der Waals surface area contributed by atoms with E-state index in [1.807, 2.05) is 36.4 Å². The summed E-state index contributed by atoms with van der Waals surface area (Å²) < 4.78 is 10.8. The molecule has 5 nitrogen and oxygen atoms in total. The third-order valence-electron chi connectivity index (χ3n) is 4.05. The van der Waals surface area contributed by atoms with Crippen molar-refractivity contribution in [2.75, 3.05) is 30.9 Å². The van der Waals surface area contributed by atoms with Crippen LogP contribution in [0.5, 0.6) is 5.75 Å². The van der Waals surface area contributed by atoms with E-state index in [1.165, 1.54) is 0 Å². The van der Waals surface area contributed by atoms with E-state index in [1.54, 1.807) is 19.2 Å². The summed E-state index contributed by atoms with van der Waals surface area (Å²) in [6, 6.07) is 14.8. The number of benzene rings is 2. The second kappa shape index (κ2) is 7.84. The van der Waals surface area contributed by atoms with Gasteiger partial charge in [0.2, 0.25) is 0 Å². The number of hydrogen-bond acceptors (Lipinski definition) is 4. The Hall–Kier alpha value is -2.53. The average Bonchev–Trinajstić information content (AvgIpc) is 3.14. The maximum absolute atomic E-state index is 12.4. The highest BCUT2D eigenvalue weighted by molar-refractivity contribution is 6.06. The van der Waals surface area contributed by atoms with Crippen LogP contribution in [0.15, 0.2) is 48.5 Å². The maximum atomic E-state index is 12.4. The third kappa shape index (κ3) is 4.06. The Morgan fingerprint density at radius 3 is 2.62 bits per heavy atom. The van der Waals surface area contributed by atoms with E-state index < -0.39 is 0 Å². The number of hydrogen-bond donors (Lipinski definition) is 2. The first-order chi connectivity index (χ1) is 11.8. The molecule has 0 radical (unpaired) electrons. The SMILES string of the molecule is COc1ccccc1C(=O)Nc1ccc(NCC2CCCO2)cc1. The maximum Gasteiger partial charge on any atom is 0.259 e. The normalized spacial score (nSPS) is 16.6. The predicted octanol–water partition coefficient (Wildman–Crippen LogP) is 3.54. The molecule has 1 amide bonds. The van der Waals surface area contributed by atoms with Crippen molar-refractivity contribution >= 4 is 17.3 Å². The van der Waals surface area contributed by atoms with Crippen LogP contribution in [0.3, 0.4) is 0 Å². The molecule has 0 spiro atoms. The number of methoxy groups -OCH3 is 1. The van der Waals surface area contributed by atoms with Gasteiger partial charge in [0, 0.05) is 24.5 Å². The molecule has 2 N–H and O–H groups in total. The fourth-order valence-electron chi connectivity index (χ4n) is 2.74. The number of para-hydroxylation sites is 1. The lowest BCUT2D eigenvalue weighted by atomic mass is 10.2. The highest BCUT2D eigenvalue weighted by atomic mass is 16.5. The van der Waals surface area contributed by atoms with Crippen LogP contribution in [0, 0.1) is 0 Å². The summed E-state index contributed by atoms with van der Waals surface area (Å²) in [5.41, 5.74) is 2.27. The monoisotopic (exact) mass is 326 g/mol. The minimum atomic E-state index is -0.187. The number of rotatable bonds is 6. The van der Waals surface area contributed by atoms with Gasteiger partial charge in [-0.2, -0.15) is 0 Å². The predicted molar refractivity (Wildman–Crippen MR) is 94.9 cm³/mol. The zero-order valence-electron chi connectivity index (χ0n) is 13.7. The van der Waals surface area contributed by atoms with E-state index in [0.717, 1.165) is 37.4 Å². The van der Waals surface area contributed by atoms with Crippen molar-refractivity contribution in [1.82, 2.24) is 0 Å². The number of amides is 1. The zero-order chi connectivity index (χ0) is 16.8. The Morgan fingerprint density at radius 2 is 1.92 bits per heavy atom. The van der Waals surface area contributed by atoms with Gasteiger partial charge in [-0.1, -0.05) is 12.1 Å². The van der Waals surface area contributed by atoms with Crippen molar-refractivity contribution in [1.29, 1.82) is 0 Å². The summed E-state index contributed by atoms with van der Waals surface area (Å²) in [6.45, 7) is 1.67. The first kappa shape index (κ1) is 16.3. The highest BCUT2D eigenvalue weighted by Crippen LogP contribution is 2.20. The molecule has 1 fully saturated rings. The van der Waals surface area contributed by atoms with Crippen LogP contribution in [-0.2, 0) is 4.74 Å². The van der Waals surface area contributed by atoms with Crippen molar-refractivity contribution in [3.63, 3.8) is 0 Å². The van der Waals surface area contributed by atoms with Crippen molar-refractivity contribution in [2.24, 2.45) is 0 Å². The standard InChI is InChI=1S/C19H22N2O3/c1-23-18-7-3-2-6-17(18)19(22)21-15-10-8-14(9-11-15)20-13-16-5-4-12-24-16/h2-3,6-11,16,20H,4-5,12-13H2,1H3,(H,21,22). The molecule has 5 heteroatoms. The lowest BCUT2D eigenvalue weighted by Gasteiger charge is -2.13. The lowest BCUT2D eigenvalue weighted by molar-refractivity contribution is 0.102. The quantitative estimate of drug-likeness (QED) is 0.852. The minimum absolute atomic E-state index is 0.187. The molecule has 1 heterocycles. The molecule has 2 aromatic carbocycles. The molecule has 1 aliphatic heterocycles. The van der Waals surface area contributed by atoms with Gasteiger partial charge in [0.1, 0.15) is 5.75 Å². The van der Waals surface area contributed by atoms with Crippen LogP contribution in [0.4, 0.5) is 11.4 Å². The summed E-state index contributed by atoms with van der Waals surface area (Å²) in [4.78, 5) is 12.4. The zero-order valence-corrected chi connectivity index (χ0v) is 13.7. The highest BCUT2D eigenvalue weighted by Gasteiger charge is 2.15. The van der Waals surface area contributed by atoms with E-state index in [0.29, 0.717) is 17.4 Å². The summed E-state index contributed by atoms with van der Waals surface area (Å²) in [6.07, 6.45) is 2.55. The number of nitrogens with one attached hydrogen (secondary N) is 2. The summed E-state index contributed by atoms with van der Waals surface area (Å²) in [5.74, 6) is 0.373. The third-order valence-corrected chi connectivity index (χ3v) is 4.05. The molecule has 24 heavy (non-hydrogen) atoms. The first-order valence-corrected chi connectivity index (χ1v) is 8.16. The van der Waals surface area contributed by atoms with Gasteiger partial charge in [-0.05, 0) is 49.2 Å². The van der Waals surface area contributed by atoms with Crippen molar-refractivity contribution in [3.05, 3.63) is 54.1 Å². The summed E-state index contributed by atoms with van der Waals surface area (Å²) in [5, 5.41) is 6.25. The van der Waals surface area contributed by atoms with E-state index in [2.05, 4.69) is 10.6 Å². The smallest absolute Gasteiger partial charge is 0.259 e. The Kier molecular flexibility index (Phi) is 5.33. The van der Waals surface area contributed by atoms with Crippen LogP contribution in [0.25, 0.3) is 0 Å². The molecule has 1 saturated heterocycles. The molecule has 0 aromatic heterocycles. The molecule has 2 aromatic rings. The van der Waals surface area contributed by atoms with Gasteiger partial charge in [0.05, 0.1) is 18.8 Å². The van der Waals surface area contributed by atoms with Gasteiger partial charge in [0.25, 0.3) is 5.91 Å². The molecule has 0 saturated carbocycles. The van der Waals surface area contributed by atoms with E-state index in [-0.39, 0.29) is 5.91 Å². The molecule has 0 bridgehead atoms. The first-order valence-electron chi connectivity index (χ1n) is 8.16. The number of ether oxygens (including phenoxy) is 2. The molecule has 1 atom stereocenters. The van der Waals surface area contributed by atoms with Gasteiger partial charge >= 0.3 is 0 Å². The van der Waals surface area contributed by atoms with E-state index in [4.69, 9.17) is 9.47 Å².